The molecule has 8 heteroatoms. The van der Waals surface area contributed by atoms with Gasteiger partial charge in [-0.05, 0) is 45.1 Å². The molecule has 1 aromatic heterocycles. The van der Waals surface area contributed by atoms with E-state index in [9.17, 15) is 4.79 Å². The average molecular weight is 503 g/mol. The molecule has 1 N–H and O–H groups in total. The van der Waals surface area contributed by atoms with Gasteiger partial charge in [0.1, 0.15) is 0 Å². The van der Waals surface area contributed by atoms with Crippen molar-refractivity contribution in [1.29, 1.82) is 0 Å². The van der Waals surface area contributed by atoms with Crippen LogP contribution < -0.4 is 10.1 Å². The molecule has 0 atom stereocenters. The third kappa shape index (κ3) is 8.20. The maximum Gasteiger partial charge on any atom is 0.242 e. The van der Waals surface area contributed by atoms with Gasteiger partial charge < -0.3 is 19.9 Å². The molecule has 0 spiro atoms. The van der Waals surface area contributed by atoms with Crippen LogP contribution in [-0.2, 0) is 11.3 Å². The summed E-state index contributed by atoms with van der Waals surface area (Å²) in [6.07, 6.45) is 4.34. The lowest BCUT2D eigenvalue weighted by atomic mass is 10.3. The van der Waals surface area contributed by atoms with Crippen molar-refractivity contribution in [2.24, 2.45) is 10.9 Å². The van der Waals surface area contributed by atoms with Crippen LogP contribution >= 0.6 is 24.0 Å². The molecule has 1 aromatic rings. The first-order valence-electron chi connectivity index (χ1n) is 9.92. The molecule has 0 unspecified atom stereocenters. The Kier molecular flexibility index (Phi) is 11.2. The number of nitrogens with one attached hydrogen (secondary N) is 1. The molecule has 0 saturated heterocycles. The maximum atomic E-state index is 12.3. The highest BCUT2D eigenvalue weighted by Gasteiger charge is 2.22. The van der Waals surface area contributed by atoms with Crippen molar-refractivity contribution in [1.82, 2.24) is 20.1 Å². The number of likely N-dealkylation sites (N-methyl/N-ethyl adjacent to an activating group) is 2. The van der Waals surface area contributed by atoms with Gasteiger partial charge in [-0.3, -0.25) is 4.79 Å². The molecule has 7 nitrogen and oxygen atoms in total. The molecule has 1 aliphatic rings. The highest BCUT2D eigenvalue weighted by molar-refractivity contribution is 14.0. The number of aliphatic imine (C=N–C) groups is 1. The van der Waals surface area contributed by atoms with E-state index in [0.29, 0.717) is 30.8 Å². The third-order valence-corrected chi connectivity index (χ3v) is 4.56. The largest absolute Gasteiger partial charge is 0.477 e. The quantitative estimate of drug-likeness (QED) is 0.302. The van der Waals surface area contributed by atoms with Gasteiger partial charge in [0.15, 0.2) is 5.96 Å². The number of halogens is 1. The van der Waals surface area contributed by atoms with Crippen molar-refractivity contribution in [3.05, 3.63) is 23.9 Å². The first-order chi connectivity index (χ1) is 13.1. The van der Waals surface area contributed by atoms with Crippen LogP contribution in [0.25, 0.3) is 0 Å². The molecule has 0 aromatic carbocycles. The number of nitrogens with zero attached hydrogens (tertiary/aromatic N) is 4. The van der Waals surface area contributed by atoms with Crippen LogP contribution in [0.2, 0.25) is 0 Å². The SMILES string of the molecule is CCNC(=NCc1ccc(OCC2CC2)nc1)N(C)CC(=O)N(CC)CC.I. The summed E-state index contributed by atoms with van der Waals surface area (Å²) in [7, 11) is 1.88. The fourth-order valence-corrected chi connectivity index (χ4v) is 2.67. The average Bonchev–Trinajstić information content (AvgIpc) is 3.49. The van der Waals surface area contributed by atoms with E-state index in [4.69, 9.17) is 4.74 Å². The molecule has 0 radical (unpaired) electrons. The maximum absolute atomic E-state index is 12.3. The Balaban J connectivity index is 0.00000392. The van der Waals surface area contributed by atoms with E-state index in [2.05, 4.69) is 15.3 Å². The van der Waals surface area contributed by atoms with Gasteiger partial charge in [-0.25, -0.2) is 9.98 Å². The summed E-state index contributed by atoms with van der Waals surface area (Å²) in [6.45, 7) is 9.76. The number of hydrogen-bond acceptors (Lipinski definition) is 4. The summed E-state index contributed by atoms with van der Waals surface area (Å²) in [5.41, 5.74) is 1.01. The van der Waals surface area contributed by atoms with Gasteiger partial charge in [0, 0.05) is 38.9 Å². The summed E-state index contributed by atoms with van der Waals surface area (Å²) in [4.78, 5) is 25.0. The fourth-order valence-electron chi connectivity index (χ4n) is 2.67. The van der Waals surface area contributed by atoms with Crippen LogP contribution in [-0.4, -0.2) is 66.5 Å². The monoisotopic (exact) mass is 503 g/mol. The predicted molar refractivity (Wildman–Crippen MR) is 123 cm³/mol. The number of rotatable bonds is 10. The molecule has 1 heterocycles. The Morgan fingerprint density at radius 2 is 2.00 bits per heavy atom. The van der Waals surface area contributed by atoms with Crippen molar-refractivity contribution < 1.29 is 9.53 Å². The van der Waals surface area contributed by atoms with Crippen LogP contribution in [0.15, 0.2) is 23.3 Å². The van der Waals surface area contributed by atoms with E-state index < -0.39 is 0 Å². The molecule has 1 amide bonds. The Morgan fingerprint density at radius 1 is 1.29 bits per heavy atom. The first-order valence-corrected chi connectivity index (χ1v) is 9.92. The second-order valence-corrected chi connectivity index (χ2v) is 6.85. The minimum Gasteiger partial charge on any atom is -0.477 e. The number of amides is 1. The van der Waals surface area contributed by atoms with E-state index in [1.54, 1.807) is 6.20 Å². The van der Waals surface area contributed by atoms with Gasteiger partial charge in [0.2, 0.25) is 11.8 Å². The summed E-state index contributed by atoms with van der Waals surface area (Å²) in [6, 6.07) is 3.89. The number of hydrogen-bond donors (Lipinski definition) is 1. The zero-order valence-electron chi connectivity index (χ0n) is 17.5. The summed E-state index contributed by atoms with van der Waals surface area (Å²) in [5.74, 6) is 2.20. The molecule has 0 bridgehead atoms. The minimum atomic E-state index is 0. The normalized spacial score (nSPS) is 13.5. The minimum absolute atomic E-state index is 0. The standard InChI is InChI=1S/C20H33N5O2.HI/c1-5-21-20(24(4)14-19(26)25(6-2)7-3)23-13-17-10-11-18(22-12-17)27-15-16-8-9-16;/h10-12,16H,5-9,13-15H2,1-4H3,(H,21,23);1H. The first kappa shape index (κ1) is 24.5. The second-order valence-electron chi connectivity index (χ2n) is 6.85. The lowest BCUT2D eigenvalue weighted by molar-refractivity contribution is -0.131. The van der Waals surface area contributed by atoms with Crippen LogP contribution in [0.5, 0.6) is 5.88 Å². The molecule has 1 fully saturated rings. The highest BCUT2D eigenvalue weighted by Crippen LogP contribution is 2.29. The van der Waals surface area contributed by atoms with E-state index in [1.165, 1.54) is 12.8 Å². The van der Waals surface area contributed by atoms with Crippen molar-refractivity contribution in [3.63, 3.8) is 0 Å². The lowest BCUT2D eigenvalue weighted by Gasteiger charge is -2.25. The van der Waals surface area contributed by atoms with Gasteiger partial charge in [0.05, 0.1) is 19.7 Å². The van der Waals surface area contributed by atoms with Crippen LogP contribution in [0.4, 0.5) is 0 Å². The number of guanidine groups is 1. The van der Waals surface area contributed by atoms with Gasteiger partial charge in [-0.1, -0.05) is 6.07 Å². The van der Waals surface area contributed by atoms with Crippen LogP contribution in [0.3, 0.4) is 0 Å². The van der Waals surface area contributed by atoms with Gasteiger partial charge in [0.25, 0.3) is 0 Å². The zero-order valence-corrected chi connectivity index (χ0v) is 19.8. The van der Waals surface area contributed by atoms with Crippen molar-refractivity contribution in [2.45, 2.75) is 40.2 Å². The Hall–Kier alpha value is -1.58. The molecule has 28 heavy (non-hydrogen) atoms. The van der Waals surface area contributed by atoms with Crippen LogP contribution in [0, 0.1) is 5.92 Å². The molecule has 1 aliphatic carbocycles. The van der Waals surface area contributed by atoms with E-state index in [0.717, 1.165) is 31.8 Å². The molecular formula is C20H34IN5O2. The fraction of sp³-hybridized carbons (Fsp3) is 0.650. The molecule has 158 valence electrons. The van der Waals surface area contributed by atoms with Crippen LogP contribution in [0.1, 0.15) is 39.2 Å². The number of carbonyl (C=O) groups excluding carboxylic acids is 1. The Morgan fingerprint density at radius 3 is 2.54 bits per heavy atom. The smallest absolute Gasteiger partial charge is 0.242 e. The van der Waals surface area contributed by atoms with Gasteiger partial charge >= 0.3 is 0 Å². The van der Waals surface area contributed by atoms with E-state index in [1.807, 2.05) is 49.8 Å². The number of aromatic nitrogens is 1. The molecule has 2 rings (SSSR count). The third-order valence-electron chi connectivity index (χ3n) is 4.56. The van der Waals surface area contributed by atoms with E-state index in [-0.39, 0.29) is 29.9 Å². The topological polar surface area (TPSA) is 70.1 Å². The molecule has 1 saturated carbocycles. The number of ether oxygens (including phenoxy) is 1. The lowest BCUT2D eigenvalue weighted by Crippen LogP contribution is -2.45. The number of pyridine rings is 1. The second kappa shape index (κ2) is 12.8. The van der Waals surface area contributed by atoms with Crippen molar-refractivity contribution in [3.8, 4) is 5.88 Å². The van der Waals surface area contributed by atoms with E-state index >= 15 is 0 Å². The van der Waals surface area contributed by atoms with Crippen molar-refractivity contribution in [2.75, 3.05) is 39.8 Å². The summed E-state index contributed by atoms with van der Waals surface area (Å²) < 4.78 is 5.67. The predicted octanol–water partition coefficient (Wildman–Crippen LogP) is 2.75. The number of carbonyl (C=O) groups is 1. The van der Waals surface area contributed by atoms with Gasteiger partial charge in [-0.2, -0.15) is 0 Å². The highest BCUT2D eigenvalue weighted by atomic mass is 127. The summed E-state index contributed by atoms with van der Waals surface area (Å²) in [5, 5.41) is 3.24. The zero-order chi connectivity index (χ0) is 19.6. The summed E-state index contributed by atoms with van der Waals surface area (Å²) >= 11 is 0. The Labute approximate surface area is 186 Å². The Bertz CT molecular complexity index is 616. The van der Waals surface area contributed by atoms with Gasteiger partial charge in [-0.15, -0.1) is 24.0 Å². The molecular weight excluding hydrogens is 469 g/mol. The molecule has 0 aliphatic heterocycles. The van der Waals surface area contributed by atoms with Crippen molar-refractivity contribution >= 4 is 35.8 Å².